The maximum absolute atomic E-state index is 14.2. The second kappa shape index (κ2) is 13.3. The van der Waals surface area contributed by atoms with Crippen LogP contribution in [0.15, 0.2) is 133 Å². The molecule has 0 aliphatic heterocycles. The number of rotatable bonds is 10. The normalized spacial score (nSPS) is 11.3. The number of carbonyl (C=O) groups is 1. The van der Waals surface area contributed by atoms with Crippen LogP contribution in [0.5, 0.6) is 11.5 Å². The van der Waals surface area contributed by atoms with Gasteiger partial charge in [0.25, 0.3) is 5.91 Å². The molecule has 0 aliphatic rings. The van der Waals surface area contributed by atoms with Crippen molar-refractivity contribution in [1.82, 2.24) is 4.90 Å². The second-order valence-electron chi connectivity index (χ2n) is 10.00. The maximum atomic E-state index is 14.2. The predicted molar refractivity (Wildman–Crippen MR) is 160 cm³/mol. The number of carbonyl (C=O) groups excluding carboxylic acids is 1. The van der Waals surface area contributed by atoms with Crippen molar-refractivity contribution in [2.75, 3.05) is 7.11 Å². The van der Waals surface area contributed by atoms with E-state index >= 15 is 0 Å². The van der Waals surface area contributed by atoms with Gasteiger partial charge in [0.15, 0.2) is 11.5 Å². The molecular weight excluding hydrogens is 551 g/mol. The first-order valence-electron chi connectivity index (χ1n) is 13.8. The standard InChI is InChI=1S/C36H30F3NO3/c1-42-33-22-27(20-21-32(33)43-25-26-12-5-2-6-13-26)24-40(35(41)30-18-11-19-31(23-30)36(37,38)39)34(28-14-7-3-8-15-28)29-16-9-4-10-17-29/h2-23,34H,24-25H2,1H3. The summed E-state index contributed by atoms with van der Waals surface area (Å²) in [6, 6.07) is 38.0. The van der Waals surface area contributed by atoms with Gasteiger partial charge in [0, 0.05) is 12.1 Å². The van der Waals surface area contributed by atoms with E-state index in [0.717, 1.165) is 34.4 Å². The molecule has 0 saturated carbocycles. The van der Waals surface area contributed by atoms with Crippen LogP contribution in [-0.4, -0.2) is 17.9 Å². The van der Waals surface area contributed by atoms with E-state index in [4.69, 9.17) is 9.47 Å². The fraction of sp³-hybridized carbons (Fsp3) is 0.139. The highest BCUT2D eigenvalue weighted by Crippen LogP contribution is 2.35. The minimum Gasteiger partial charge on any atom is -0.493 e. The number of nitrogens with zero attached hydrogens (tertiary/aromatic N) is 1. The van der Waals surface area contributed by atoms with E-state index < -0.39 is 23.7 Å². The maximum Gasteiger partial charge on any atom is 0.416 e. The third-order valence-electron chi connectivity index (χ3n) is 7.06. The summed E-state index contributed by atoms with van der Waals surface area (Å²) in [4.78, 5) is 15.8. The highest BCUT2D eigenvalue weighted by atomic mass is 19.4. The molecule has 0 radical (unpaired) electrons. The third-order valence-corrected chi connectivity index (χ3v) is 7.06. The van der Waals surface area contributed by atoms with Crippen LogP contribution in [0.1, 0.15) is 44.2 Å². The molecule has 7 heteroatoms. The van der Waals surface area contributed by atoms with Gasteiger partial charge in [0.1, 0.15) is 6.61 Å². The number of hydrogen-bond donors (Lipinski definition) is 0. The van der Waals surface area contributed by atoms with E-state index in [1.54, 1.807) is 17.0 Å². The molecule has 0 atom stereocenters. The smallest absolute Gasteiger partial charge is 0.416 e. The number of ether oxygens (including phenoxy) is 2. The lowest BCUT2D eigenvalue weighted by atomic mass is 9.95. The Morgan fingerprint density at radius 1 is 0.698 bits per heavy atom. The Morgan fingerprint density at radius 2 is 1.30 bits per heavy atom. The van der Waals surface area contributed by atoms with Gasteiger partial charge >= 0.3 is 6.18 Å². The van der Waals surface area contributed by atoms with Crippen LogP contribution in [0.3, 0.4) is 0 Å². The molecule has 5 aromatic rings. The van der Waals surface area contributed by atoms with Crippen LogP contribution in [0.4, 0.5) is 13.2 Å². The molecule has 0 aliphatic carbocycles. The molecule has 43 heavy (non-hydrogen) atoms. The molecule has 0 unspecified atom stereocenters. The van der Waals surface area contributed by atoms with Crippen LogP contribution < -0.4 is 9.47 Å². The molecule has 0 aromatic heterocycles. The van der Waals surface area contributed by atoms with Crippen LogP contribution >= 0.6 is 0 Å². The monoisotopic (exact) mass is 581 g/mol. The first-order valence-corrected chi connectivity index (χ1v) is 13.8. The van der Waals surface area contributed by atoms with Gasteiger partial charge in [0.05, 0.1) is 18.7 Å². The number of halogens is 3. The summed E-state index contributed by atoms with van der Waals surface area (Å²) in [5.74, 6) is 0.483. The highest BCUT2D eigenvalue weighted by molar-refractivity contribution is 5.95. The van der Waals surface area contributed by atoms with Crippen molar-refractivity contribution in [1.29, 1.82) is 0 Å². The van der Waals surface area contributed by atoms with E-state index in [-0.39, 0.29) is 12.1 Å². The molecule has 0 spiro atoms. The van der Waals surface area contributed by atoms with Crippen LogP contribution in [0.2, 0.25) is 0 Å². The first-order chi connectivity index (χ1) is 20.8. The molecule has 1 amide bonds. The lowest BCUT2D eigenvalue weighted by Gasteiger charge is -2.33. The van der Waals surface area contributed by atoms with Crippen molar-refractivity contribution in [3.05, 3.63) is 167 Å². The Morgan fingerprint density at radius 3 is 1.88 bits per heavy atom. The summed E-state index contributed by atoms with van der Waals surface area (Å²) in [5, 5.41) is 0. The zero-order valence-electron chi connectivity index (χ0n) is 23.5. The molecule has 218 valence electrons. The Balaban J connectivity index is 1.54. The van der Waals surface area contributed by atoms with Gasteiger partial charge in [-0.2, -0.15) is 13.2 Å². The van der Waals surface area contributed by atoms with Gasteiger partial charge in [0.2, 0.25) is 0 Å². The Hall–Kier alpha value is -5.04. The van der Waals surface area contributed by atoms with Crippen molar-refractivity contribution < 1.29 is 27.4 Å². The number of methoxy groups -OCH3 is 1. The molecule has 5 aromatic carbocycles. The van der Waals surface area contributed by atoms with E-state index in [2.05, 4.69) is 0 Å². The van der Waals surface area contributed by atoms with Gasteiger partial charge in [-0.1, -0.05) is 103 Å². The highest BCUT2D eigenvalue weighted by Gasteiger charge is 2.33. The number of benzene rings is 5. The van der Waals surface area contributed by atoms with Gasteiger partial charge in [-0.3, -0.25) is 4.79 Å². The zero-order chi connectivity index (χ0) is 30.2. The van der Waals surface area contributed by atoms with Gasteiger partial charge in [-0.05, 0) is 52.6 Å². The van der Waals surface area contributed by atoms with Gasteiger partial charge in [-0.25, -0.2) is 0 Å². The fourth-order valence-electron chi connectivity index (χ4n) is 4.96. The minimum absolute atomic E-state index is 0.0542. The molecule has 0 N–H and O–H groups in total. The largest absolute Gasteiger partial charge is 0.493 e. The van der Waals surface area contributed by atoms with Crippen molar-refractivity contribution in [3.8, 4) is 11.5 Å². The molecule has 0 heterocycles. The lowest BCUT2D eigenvalue weighted by Crippen LogP contribution is -2.35. The quantitative estimate of drug-likeness (QED) is 0.166. The van der Waals surface area contributed by atoms with Crippen LogP contribution in [0, 0.1) is 0 Å². The summed E-state index contributed by atoms with van der Waals surface area (Å²) in [5.41, 5.74) is 2.44. The van der Waals surface area contributed by atoms with E-state index in [0.29, 0.717) is 18.1 Å². The van der Waals surface area contributed by atoms with Crippen molar-refractivity contribution in [2.45, 2.75) is 25.4 Å². The van der Waals surface area contributed by atoms with Crippen LogP contribution in [-0.2, 0) is 19.3 Å². The molecule has 5 rings (SSSR count). The van der Waals surface area contributed by atoms with Gasteiger partial charge in [-0.15, -0.1) is 0 Å². The fourth-order valence-corrected chi connectivity index (χ4v) is 4.96. The van der Waals surface area contributed by atoms with Crippen molar-refractivity contribution >= 4 is 5.91 Å². The van der Waals surface area contributed by atoms with Crippen molar-refractivity contribution in [3.63, 3.8) is 0 Å². The SMILES string of the molecule is COc1cc(CN(C(=O)c2cccc(C(F)(F)F)c2)C(c2ccccc2)c2ccccc2)ccc1OCc1ccccc1. The van der Waals surface area contributed by atoms with Crippen molar-refractivity contribution in [2.24, 2.45) is 0 Å². The molecule has 4 nitrogen and oxygen atoms in total. The van der Waals surface area contributed by atoms with Gasteiger partial charge < -0.3 is 14.4 Å². The van der Waals surface area contributed by atoms with E-state index in [1.807, 2.05) is 97.1 Å². The van der Waals surface area contributed by atoms with Crippen LogP contribution in [0.25, 0.3) is 0 Å². The summed E-state index contributed by atoms with van der Waals surface area (Å²) < 4.78 is 52.5. The van der Waals surface area contributed by atoms with E-state index in [9.17, 15) is 18.0 Å². The summed E-state index contributed by atoms with van der Waals surface area (Å²) in [6.45, 7) is 0.444. The summed E-state index contributed by atoms with van der Waals surface area (Å²) in [6.07, 6.45) is -4.58. The Bertz CT molecular complexity index is 1600. The minimum atomic E-state index is -4.58. The average molecular weight is 582 g/mol. The first kappa shape index (κ1) is 29.5. The molecule has 0 fully saturated rings. The number of alkyl halides is 3. The summed E-state index contributed by atoms with van der Waals surface area (Å²) in [7, 11) is 1.54. The zero-order valence-corrected chi connectivity index (χ0v) is 23.5. The molecule has 0 saturated heterocycles. The van der Waals surface area contributed by atoms with E-state index in [1.165, 1.54) is 19.2 Å². The topological polar surface area (TPSA) is 38.8 Å². The Labute approximate surface area is 248 Å². The molecule has 0 bridgehead atoms. The number of amides is 1. The lowest BCUT2D eigenvalue weighted by molar-refractivity contribution is -0.137. The molecular formula is C36H30F3NO3. The Kier molecular flexibility index (Phi) is 9.11. The predicted octanol–water partition coefficient (Wildman–Crippen LogP) is 8.73. The second-order valence-corrected chi connectivity index (χ2v) is 10.00. The summed E-state index contributed by atoms with van der Waals surface area (Å²) >= 11 is 0. The number of hydrogen-bond acceptors (Lipinski definition) is 3. The third kappa shape index (κ3) is 7.25. The average Bonchev–Trinajstić information content (AvgIpc) is 3.04.